The van der Waals surface area contributed by atoms with E-state index in [4.69, 9.17) is 23.2 Å². The first-order chi connectivity index (χ1) is 10.6. The van der Waals surface area contributed by atoms with Gasteiger partial charge in [0.25, 0.3) is 5.91 Å². The maximum Gasteiger partial charge on any atom is 0.287 e. The number of carbonyl (C=O) groups excluding carboxylic acids is 1. The average Bonchev–Trinajstić information content (AvgIpc) is 2.90. The van der Waals surface area contributed by atoms with Crippen molar-refractivity contribution in [2.75, 3.05) is 0 Å². The lowest BCUT2D eigenvalue weighted by Gasteiger charge is -1.97. The molecule has 0 aliphatic heterocycles. The van der Waals surface area contributed by atoms with E-state index in [1.807, 2.05) is 18.2 Å². The number of carbonyl (C=O) groups is 1. The maximum atomic E-state index is 12.0. The number of hydrogen-bond acceptors (Lipinski definition) is 2. The molecule has 6 heteroatoms. The van der Waals surface area contributed by atoms with Crippen LogP contribution < -0.4 is 5.43 Å². The molecule has 0 bridgehead atoms. The van der Waals surface area contributed by atoms with Crippen LogP contribution in [0, 0.1) is 0 Å². The summed E-state index contributed by atoms with van der Waals surface area (Å²) in [7, 11) is 0. The second-order valence-electron chi connectivity index (χ2n) is 4.67. The van der Waals surface area contributed by atoms with Crippen molar-refractivity contribution in [3.63, 3.8) is 0 Å². The number of amides is 1. The highest BCUT2D eigenvalue weighted by Crippen LogP contribution is 2.20. The predicted molar refractivity (Wildman–Crippen MR) is 89.8 cm³/mol. The first kappa shape index (κ1) is 14.6. The summed E-state index contributed by atoms with van der Waals surface area (Å²) >= 11 is 11.8. The average molecular weight is 332 g/mol. The highest BCUT2D eigenvalue weighted by molar-refractivity contribution is 6.31. The molecule has 1 aromatic heterocycles. The number of nitrogens with zero attached hydrogens (tertiary/aromatic N) is 1. The fourth-order valence-electron chi connectivity index (χ4n) is 2.04. The largest absolute Gasteiger partial charge is 0.350 e. The highest BCUT2D eigenvalue weighted by Gasteiger charge is 2.08. The van der Waals surface area contributed by atoms with Gasteiger partial charge in [-0.15, -0.1) is 0 Å². The van der Waals surface area contributed by atoms with Crippen molar-refractivity contribution in [2.24, 2.45) is 5.10 Å². The van der Waals surface area contributed by atoms with Gasteiger partial charge < -0.3 is 4.98 Å². The molecule has 0 aliphatic rings. The molecule has 1 amide bonds. The van der Waals surface area contributed by atoms with E-state index >= 15 is 0 Å². The summed E-state index contributed by atoms with van der Waals surface area (Å²) in [6, 6.07) is 14.3. The summed E-state index contributed by atoms with van der Waals surface area (Å²) in [6.07, 6.45) is 1.53. The zero-order valence-corrected chi connectivity index (χ0v) is 12.8. The minimum Gasteiger partial charge on any atom is -0.350 e. The number of H-pyrrole nitrogens is 1. The number of nitrogens with one attached hydrogen (secondary N) is 2. The summed E-state index contributed by atoms with van der Waals surface area (Å²) < 4.78 is 0. The predicted octanol–water partition coefficient (Wildman–Crippen LogP) is 4.24. The van der Waals surface area contributed by atoms with Crippen LogP contribution >= 0.6 is 23.2 Å². The second-order valence-corrected chi connectivity index (χ2v) is 5.54. The number of hydrazone groups is 1. The summed E-state index contributed by atoms with van der Waals surface area (Å²) in [5.74, 6) is -0.328. The molecule has 22 heavy (non-hydrogen) atoms. The number of rotatable bonds is 3. The van der Waals surface area contributed by atoms with E-state index in [1.165, 1.54) is 6.21 Å². The summed E-state index contributed by atoms with van der Waals surface area (Å²) in [6.45, 7) is 0. The van der Waals surface area contributed by atoms with Crippen molar-refractivity contribution in [2.45, 2.75) is 0 Å². The molecule has 2 aromatic carbocycles. The van der Waals surface area contributed by atoms with Gasteiger partial charge in [-0.3, -0.25) is 4.79 Å². The molecule has 0 saturated carbocycles. The van der Waals surface area contributed by atoms with Gasteiger partial charge in [0.2, 0.25) is 0 Å². The van der Waals surface area contributed by atoms with Crippen molar-refractivity contribution in [3.05, 3.63) is 69.8 Å². The van der Waals surface area contributed by atoms with Gasteiger partial charge in [0, 0.05) is 20.9 Å². The molecule has 1 heterocycles. The third kappa shape index (κ3) is 3.30. The fraction of sp³-hybridized carbons (Fsp3) is 0. The summed E-state index contributed by atoms with van der Waals surface area (Å²) in [5.41, 5.74) is 4.53. The van der Waals surface area contributed by atoms with Crippen LogP contribution in [0.3, 0.4) is 0 Å². The normalized spacial score (nSPS) is 11.2. The van der Waals surface area contributed by atoms with E-state index in [0.717, 1.165) is 16.5 Å². The standard InChI is InChI=1S/C16H11Cl2N3O/c17-12-3-1-2-10(6-12)9-19-21-16(22)15-8-11-7-13(18)4-5-14(11)20-15/h1-9,20H,(H,21,22)/b19-9+. The van der Waals surface area contributed by atoms with Crippen molar-refractivity contribution in [1.29, 1.82) is 0 Å². The van der Waals surface area contributed by atoms with Crippen LogP contribution in [-0.2, 0) is 0 Å². The quantitative estimate of drug-likeness (QED) is 0.547. The fourth-order valence-corrected chi connectivity index (χ4v) is 2.42. The van der Waals surface area contributed by atoms with Crippen molar-refractivity contribution < 1.29 is 4.79 Å². The monoisotopic (exact) mass is 331 g/mol. The van der Waals surface area contributed by atoms with E-state index in [1.54, 1.807) is 30.3 Å². The Labute approximate surface area is 136 Å². The van der Waals surface area contributed by atoms with E-state index in [9.17, 15) is 4.79 Å². The number of fused-ring (bicyclic) bond motifs is 1. The second kappa shape index (κ2) is 6.22. The highest BCUT2D eigenvalue weighted by atomic mass is 35.5. The third-order valence-electron chi connectivity index (χ3n) is 3.06. The number of benzene rings is 2. The minimum atomic E-state index is -0.328. The molecule has 0 spiro atoms. The maximum absolute atomic E-state index is 12.0. The van der Waals surface area contributed by atoms with Crippen molar-refractivity contribution in [3.8, 4) is 0 Å². The molecule has 2 N–H and O–H groups in total. The van der Waals surface area contributed by atoms with E-state index in [2.05, 4.69) is 15.5 Å². The van der Waals surface area contributed by atoms with Crippen molar-refractivity contribution in [1.82, 2.24) is 10.4 Å². The Kier molecular flexibility index (Phi) is 4.13. The van der Waals surface area contributed by atoms with Crippen LogP contribution in [-0.4, -0.2) is 17.1 Å². The molecule has 110 valence electrons. The number of aromatic amines is 1. The van der Waals surface area contributed by atoms with Gasteiger partial charge in [-0.25, -0.2) is 5.43 Å². The minimum absolute atomic E-state index is 0.328. The zero-order chi connectivity index (χ0) is 15.5. The Morgan fingerprint density at radius 3 is 2.73 bits per heavy atom. The lowest BCUT2D eigenvalue weighted by molar-refractivity contribution is 0.0951. The number of halogens is 2. The lowest BCUT2D eigenvalue weighted by atomic mass is 10.2. The Morgan fingerprint density at radius 1 is 1.09 bits per heavy atom. The topological polar surface area (TPSA) is 57.2 Å². The van der Waals surface area contributed by atoms with Gasteiger partial charge in [-0.1, -0.05) is 35.3 Å². The van der Waals surface area contributed by atoms with Gasteiger partial charge in [0.15, 0.2) is 0 Å². The summed E-state index contributed by atoms with van der Waals surface area (Å²) in [4.78, 5) is 15.1. The van der Waals surface area contributed by atoms with Gasteiger partial charge in [-0.05, 0) is 42.0 Å². The van der Waals surface area contributed by atoms with Crippen LogP contribution in [0.5, 0.6) is 0 Å². The molecule has 0 saturated heterocycles. The van der Waals surface area contributed by atoms with Gasteiger partial charge in [-0.2, -0.15) is 5.10 Å². The molecule has 0 radical (unpaired) electrons. The van der Waals surface area contributed by atoms with E-state index < -0.39 is 0 Å². The molecule has 0 atom stereocenters. The Morgan fingerprint density at radius 2 is 1.91 bits per heavy atom. The molecule has 0 unspecified atom stereocenters. The molecule has 4 nitrogen and oxygen atoms in total. The Bertz CT molecular complexity index is 871. The lowest BCUT2D eigenvalue weighted by Crippen LogP contribution is -2.17. The van der Waals surface area contributed by atoms with Gasteiger partial charge >= 0.3 is 0 Å². The molecular formula is C16H11Cl2N3O. The number of hydrogen-bond donors (Lipinski definition) is 2. The van der Waals surface area contributed by atoms with Gasteiger partial charge in [0.1, 0.15) is 5.69 Å². The molecule has 0 fully saturated rings. The number of aromatic nitrogens is 1. The zero-order valence-electron chi connectivity index (χ0n) is 11.3. The molecule has 3 rings (SSSR count). The van der Waals surface area contributed by atoms with E-state index in [0.29, 0.717) is 15.7 Å². The SMILES string of the molecule is O=C(N/N=C/c1cccc(Cl)c1)c1cc2cc(Cl)ccc2[nH]1. The Hall–Kier alpha value is -2.30. The van der Waals surface area contributed by atoms with Crippen LogP contribution in [0.1, 0.15) is 16.1 Å². The van der Waals surface area contributed by atoms with Crippen LogP contribution in [0.25, 0.3) is 10.9 Å². The van der Waals surface area contributed by atoms with Gasteiger partial charge in [0.05, 0.1) is 6.21 Å². The van der Waals surface area contributed by atoms with E-state index in [-0.39, 0.29) is 5.91 Å². The molecule has 0 aliphatic carbocycles. The third-order valence-corrected chi connectivity index (χ3v) is 3.53. The summed E-state index contributed by atoms with van der Waals surface area (Å²) in [5, 5.41) is 6.03. The van der Waals surface area contributed by atoms with Crippen LogP contribution in [0.2, 0.25) is 10.0 Å². The smallest absolute Gasteiger partial charge is 0.287 e. The molecule has 3 aromatic rings. The first-order valence-corrected chi connectivity index (χ1v) is 7.25. The molecular weight excluding hydrogens is 321 g/mol. The van der Waals surface area contributed by atoms with Crippen molar-refractivity contribution >= 4 is 46.2 Å². The first-order valence-electron chi connectivity index (χ1n) is 6.49. The van der Waals surface area contributed by atoms with Crippen LogP contribution in [0.4, 0.5) is 0 Å². The van der Waals surface area contributed by atoms with Crippen LogP contribution in [0.15, 0.2) is 53.6 Å². The Balaban J connectivity index is 1.73.